The van der Waals surface area contributed by atoms with Crippen molar-refractivity contribution < 1.29 is 9.53 Å². The van der Waals surface area contributed by atoms with Crippen LogP contribution in [0.4, 0.5) is 0 Å². The average molecular weight is 228 g/mol. The summed E-state index contributed by atoms with van der Waals surface area (Å²) >= 11 is 0. The monoisotopic (exact) mass is 228 g/mol. The molecule has 1 rings (SSSR count). The predicted molar refractivity (Wildman–Crippen MR) is 64.4 cm³/mol. The summed E-state index contributed by atoms with van der Waals surface area (Å²) in [5, 5.41) is 3.39. The molecule has 0 aromatic rings. The minimum atomic E-state index is -0.0570. The quantitative estimate of drug-likeness (QED) is 0.713. The van der Waals surface area contributed by atoms with Crippen LogP contribution in [-0.4, -0.2) is 49.2 Å². The smallest absolute Gasteiger partial charge is 0.323 e. The van der Waals surface area contributed by atoms with Crippen LogP contribution in [0.5, 0.6) is 0 Å². The molecule has 2 atom stereocenters. The molecule has 16 heavy (non-hydrogen) atoms. The molecule has 0 spiro atoms. The fourth-order valence-electron chi connectivity index (χ4n) is 2.21. The minimum absolute atomic E-state index is 0.0468. The van der Waals surface area contributed by atoms with Crippen molar-refractivity contribution >= 4 is 5.97 Å². The lowest BCUT2D eigenvalue weighted by Gasteiger charge is -2.36. The van der Waals surface area contributed by atoms with Gasteiger partial charge in [0.1, 0.15) is 6.04 Å². The van der Waals surface area contributed by atoms with Gasteiger partial charge < -0.3 is 10.1 Å². The molecular weight excluding hydrogens is 204 g/mol. The molecule has 0 bridgehead atoms. The maximum atomic E-state index is 11.9. The summed E-state index contributed by atoms with van der Waals surface area (Å²) in [7, 11) is 0. The van der Waals surface area contributed by atoms with E-state index in [1.807, 2.05) is 6.92 Å². The van der Waals surface area contributed by atoms with E-state index >= 15 is 0 Å². The summed E-state index contributed by atoms with van der Waals surface area (Å²) in [6, 6.07) is 0.414. The molecule has 0 saturated carbocycles. The molecule has 1 N–H and O–H groups in total. The Morgan fingerprint density at radius 1 is 1.56 bits per heavy atom. The summed E-state index contributed by atoms with van der Waals surface area (Å²) in [4.78, 5) is 14.1. The van der Waals surface area contributed by atoms with E-state index in [0.29, 0.717) is 12.6 Å². The number of esters is 1. The topological polar surface area (TPSA) is 41.6 Å². The Labute approximate surface area is 98.3 Å². The van der Waals surface area contributed by atoms with Gasteiger partial charge in [-0.25, -0.2) is 0 Å². The van der Waals surface area contributed by atoms with Gasteiger partial charge in [-0.3, -0.25) is 9.69 Å². The van der Waals surface area contributed by atoms with Crippen LogP contribution in [0, 0.1) is 0 Å². The number of nitrogens with zero attached hydrogens (tertiary/aromatic N) is 1. The Kier molecular flexibility index (Phi) is 5.77. The van der Waals surface area contributed by atoms with Crippen molar-refractivity contribution in [1.29, 1.82) is 0 Å². The number of ether oxygens (including phenoxy) is 1. The van der Waals surface area contributed by atoms with E-state index in [1.54, 1.807) is 0 Å². The van der Waals surface area contributed by atoms with Gasteiger partial charge in [0.25, 0.3) is 0 Å². The average Bonchev–Trinajstić information content (AvgIpc) is 2.26. The lowest BCUT2D eigenvalue weighted by Crippen LogP contribution is -2.55. The molecule has 0 radical (unpaired) electrons. The molecule has 0 aromatic heterocycles. The molecule has 1 unspecified atom stereocenters. The second kappa shape index (κ2) is 6.86. The predicted octanol–water partition coefficient (Wildman–Crippen LogP) is 1.01. The molecule has 0 aliphatic carbocycles. The zero-order valence-electron chi connectivity index (χ0n) is 10.7. The first-order valence-electron chi connectivity index (χ1n) is 6.33. The number of nitrogens with one attached hydrogen (secondary N) is 1. The maximum absolute atomic E-state index is 11.9. The molecule has 94 valence electrons. The largest absolute Gasteiger partial charge is 0.465 e. The highest BCUT2D eigenvalue weighted by Crippen LogP contribution is 2.12. The second-order valence-electron chi connectivity index (χ2n) is 4.41. The summed E-state index contributed by atoms with van der Waals surface area (Å²) < 4.78 is 5.14. The molecule has 0 amide bonds. The Morgan fingerprint density at radius 2 is 2.31 bits per heavy atom. The van der Waals surface area contributed by atoms with Crippen molar-refractivity contribution in [1.82, 2.24) is 10.2 Å². The van der Waals surface area contributed by atoms with Crippen molar-refractivity contribution in [2.24, 2.45) is 0 Å². The number of carbonyl (C=O) groups excluding carboxylic acids is 1. The minimum Gasteiger partial charge on any atom is -0.465 e. The van der Waals surface area contributed by atoms with Gasteiger partial charge >= 0.3 is 5.97 Å². The lowest BCUT2D eigenvalue weighted by atomic mass is 10.1. The highest BCUT2D eigenvalue weighted by atomic mass is 16.5. The van der Waals surface area contributed by atoms with E-state index in [0.717, 1.165) is 32.5 Å². The van der Waals surface area contributed by atoms with E-state index < -0.39 is 0 Å². The van der Waals surface area contributed by atoms with E-state index in [2.05, 4.69) is 24.1 Å². The normalized spacial score (nSPS) is 24.1. The van der Waals surface area contributed by atoms with E-state index in [4.69, 9.17) is 4.74 Å². The summed E-state index contributed by atoms with van der Waals surface area (Å²) in [6.45, 7) is 9.43. The van der Waals surface area contributed by atoms with Crippen LogP contribution in [0.3, 0.4) is 0 Å². The van der Waals surface area contributed by atoms with Crippen LogP contribution < -0.4 is 5.32 Å². The Morgan fingerprint density at radius 3 is 2.88 bits per heavy atom. The summed E-state index contributed by atoms with van der Waals surface area (Å²) in [5.41, 5.74) is 0. The third kappa shape index (κ3) is 3.76. The number of piperazine rings is 1. The Bertz CT molecular complexity index is 221. The molecule has 1 heterocycles. The zero-order valence-corrected chi connectivity index (χ0v) is 10.7. The zero-order chi connectivity index (χ0) is 12.0. The maximum Gasteiger partial charge on any atom is 0.323 e. The van der Waals surface area contributed by atoms with Gasteiger partial charge in [0, 0.05) is 25.7 Å². The lowest BCUT2D eigenvalue weighted by molar-refractivity contribution is -0.150. The summed E-state index contributed by atoms with van der Waals surface area (Å²) in [5.74, 6) is -0.0570. The summed E-state index contributed by atoms with van der Waals surface area (Å²) in [6.07, 6.45) is 1.91. The molecule has 4 nitrogen and oxygen atoms in total. The third-order valence-corrected chi connectivity index (χ3v) is 2.96. The van der Waals surface area contributed by atoms with Gasteiger partial charge in [-0.2, -0.15) is 0 Å². The first-order chi connectivity index (χ1) is 7.69. The van der Waals surface area contributed by atoms with Crippen LogP contribution in [-0.2, 0) is 9.53 Å². The van der Waals surface area contributed by atoms with Crippen molar-refractivity contribution in [2.75, 3.05) is 26.2 Å². The van der Waals surface area contributed by atoms with Crippen molar-refractivity contribution in [3.05, 3.63) is 0 Å². The van der Waals surface area contributed by atoms with Crippen LogP contribution >= 0.6 is 0 Å². The Hall–Kier alpha value is -0.610. The van der Waals surface area contributed by atoms with Crippen LogP contribution in [0.25, 0.3) is 0 Å². The molecule has 4 heteroatoms. The van der Waals surface area contributed by atoms with E-state index in [1.165, 1.54) is 0 Å². The number of hydrogen-bond acceptors (Lipinski definition) is 4. The highest BCUT2D eigenvalue weighted by Gasteiger charge is 2.29. The fourth-order valence-corrected chi connectivity index (χ4v) is 2.21. The van der Waals surface area contributed by atoms with Crippen molar-refractivity contribution in [2.45, 2.75) is 45.7 Å². The molecule has 1 saturated heterocycles. The van der Waals surface area contributed by atoms with Crippen molar-refractivity contribution in [3.8, 4) is 0 Å². The van der Waals surface area contributed by atoms with Crippen LogP contribution in [0.15, 0.2) is 0 Å². The van der Waals surface area contributed by atoms with Crippen molar-refractivity contribution in [3.63, 3.8) is 0 Å². The van der Waals surface area contributed by atoms with Crippen LogP contribution in [0.1, 0.15) is 33.6 Å². The standard InChI is InChI=1S/C12H24N2O2/c1-4-6-11(12(15)16-5-2)14-8-7-13-10(3)9-14/h10-11,13H,4-9H2,1-3H3/t10-,11?/m1/s1. The third-order valence-electron chi connectivity index (χ3n) is 2.96. The van der Waals surface area contributed by atoms with Gasteiger partial charge in [-0.05, 0) is 20.3 Å². The first kappa shape index (κ1) is 13.5. The van der Waals surface area contributed by atoms with Gasteiger partial charge in [0.15, 0.2) is 0 Å². The van der Waals surface area contributed by atoms with Gasteiger partial charge in [0.2, 0.25) is 0 Å². The SMILES string of the molecule is CCCC(C(=O)OCC)N1CCN[C@H](C)C1. The molecule has 0 aromatic carbocycles. The molecule has 1 fully saturated rings. The highest BCUT2D eigenvalue weighted by molar-refractivity contribution is 5.75. The fraction of sp³-hybridized carbons (Fsp3) is 0.917. The first-order valence-corrected chi connectivity index (χ1v) is 6.33. The van der Waals surface area contributed by atoms with Gasteiger partial charge in [-0.1, -0.05) is 13.3 Å². The van der Waals surface area contributed by atoms with Crippen LogP contribution in [0.2, 0.25) is 0 Å². The number of hydrogen-bond donors (Lipinski definition) is 1. The number of rotatable bonds is 5. The van der Waals surface area contributed by atoms with E-state index in [9.17, 15) is 4.79 Å². The molecule has 1 aliphatic heterocycles. The van der Waals surface area contributed by atoms with Gasteiger partial charge in [-0.15, -0.1) is 0 Å². The van der Waals surface area contributed by atoms with Gasteiger partial charge in [0.05, 0.1) is 6.61 Å². The van der Waals surface area contributed by atoms with E-state index in [-0.39, 0.29) is 12.0 Å². The number of carbonyl (C=O) groups is 1. The second-order valence-corrected chi connectivity index (χ2v) is 4.41. The molecular formula is C12H24N2O2. The Balaban J connectivity index is 2.56. The molecule has 1 aliphatic rings.